The van der Waals surface area contributed by atoms with E-state index in [0.29, 0.717) is 0 Å². The highest BCUT2D eigenvalue weighted by molar-refractivity contribution is 7.81. The van der Waals surface area contributed by atoms with Crippen molar-refractivity contribution >= 4 is 16.4 Å². The lowest BCUT2D eigenvalue weighted by Crippen LogP contribution is -2.20. The van der Waals surface area contributed by atoms with Gasteiger partial charge in [-0.15, -0.1) is 0 Å². The highest BCUT2D eigenvalue weighted by atomic mass is 32.3. The molecular formula is C5H15N3O4S. The van der Waals surface area contributed by atoms with Gasteiger partial charge in [0.05, 0.1) is 13.2 Å². The van der Waals surface area contributed by atoms with Crippen LogP contribution in [0.25, 0.3) is 0 Å². The predicted molar refractivity (Wildman–Crippen MR) is 48.3 cm³/mol. The summed E-state index contributed by atoms with van der Waals surface area (Å²) in [6, 6.07) is 0. The first-order valence-corrected chi connectivity index (χ1v) is 4.82. The van der Waals surface area contributed by atoms with Crippen LogP contribution in [0.3, 0.4) is 0 Å². The minimum atomic E-state index is -3.68. The van der Waals surface area contributed by atoms with Crippen LogP contribution >= 0.6 is 0 Å². The van der Waals surface area contributed by atoms with Crippen molar-refractivity contribution in [2.75, 3.05) is 13.2 Å². The van der Waals surface area contributed by atoms with Crippen molar-refractivity contribution in [3.05, 3.63) is 0 Å². The first kappa shape index (κ1) is 14.7. The van der Waals surface area contributed by atoms with Gasteiger partial charge in [0, 0.05) is 0 Å². The molecule has 80 valence electrons. The van der Waals surface area contributed by atoms with Gasteiger partial charge in [0.1, 0.15) is 0 Å². The van der Waals surface area contributed by atoms with E-state index in [2.05, 4.69) is 19.8 Å². The number of guanidine groups is 1. The zero-order valence-corrected chi connectivity index (χ0v) is 8.43. The predicted octanol–water partition coefficient (Wildman–Crippen LogP) is -0.857. The van der Waals surface area contributed by atoms with Crippen LogP contribution < -0.4 is 11.5 Å². The van der Waals surface area contributed by atoms with E-state index in [1.54, 1.807) is 13.8 Å². The van der Waals surface area contributed by atoms with Gasteiger partial charge in [-0.3, -0.25) is 5.41 Å². The molecule has 0 aromatic rings. The molecule has 0 unspecified atom stereocenters. The number of hydrogen-bond donors (Lipinski definition) is 3. The monoisotopic (exact) mass is 213 g/mol. The number of nitrogens with two attached hydrogens (primary N) is 2. The fourth-order valence-corrected chi connectivity index (χ4v) is 0.968. The molecule has 0 fully saturated rings. The Labute approximate surface area is 77.8 Å². The molecule has 0 spiro atoms. The normalized spacial score (nSPS) is 10.0. The molecule has 0 aromatic heterocycles. The van der Waals surface area contributed by atoms with Crippen molar-refractivity contribution in [3.63, 3.8) is 0 Å². The molecule has 7 nitrogen and oxygen atoms in total. The topological polar surface area (TPSA) is 128 Å². The van der Waals surface area contributed by atoms with Crippen molar-refractivity contribution in [2.24, 2.45) is 11.5 Å². The summed E-state index contributed by atoms with van der Waals surface area (Å²) in [6.45, 7) is 3.39. The molecule has 8 heteroatoms. The van der Waals surface area contributed by atoms with Crippen molar-refractivity contribution in [1.29, 1.82) is 5.41 Å². The van der Waals surface area contributed by atoms with Crippen LogP contribution in [0.4, 0.5) is 0 Å². The molecule has 0 rings (SSSR count). The molecule has 13 heavy (non-hydrogen) atoms. The summed E-state index contributed by atoms with van der Waals surface area (Å²) in [7, 11) is -3.68. The van der Waals surface area contributed by atoms with Gasteiger partial charge in [0.25, 0.3) is 0 Å². The standard InChI is InChI=1S/C4H10O4S.CH5N3/c1-3-7-9(5,6)8-4-2;2-1(3)4/h3-4H2,1-2H3;(H5,2,3,4). The molecule has 0 amide bonds. The molecule has 0 saturated heterocycles. The largest absolute Gasteiger partial charge is 0.399 e. The summed E-state index contributed by atoms with van der Waals surface area (Å²) in [5.74, 6) is -0.333. The van der Waals surface area contributed by atoms with Crippen molar-refractivity contribution < 1.29 is 16.8 Å². The van der Waals surface area contributed by atoms with E-state index < -0.39 is 10.4 Å². The van der Waals surface area contributed by atoms with Gasteiger partial charge >= 0.3 is 10.4 Å². The molecule has 0 bridgehead atoms. The van der Waals surface area contributed by atoms with Crippen LogP contribution in [0.2, 0.25) is 0 Å². The number of nitrogens with one attached hydrogen (secondary N) is 1. The zero-order valence-electron chi connectivity index (χ0n) is 7.61. The Morgan fingerprint density at radius 2 is 1.46 bits per heavy atom. The summed E-state index contributed by atoms with van der Waals surface area (Å²) in [4.78, 5) is 0. The van der Waals surface area contributed by atoms with Crippen LogP contribution in [0.15, 0.2) is 0 Å². The lowest BCUT2D eigenvalue weighted by atomic mass is 10.9. The van der Waals surface area contributed by atoms with E-state index in [4.69, 9.17) is 5.41 Å². The summed E-state index contributed by atoms with van der Waals surface area (Å²) >= 11 is 0. The van der Waals surface area contributed by atoms with E-state index >= 15 is 0 Å². The Morgan fingerprint density at radius 1 is 1.23 bits per heavy atom. The smallest absolute Gasteiger partial charge is 0.370 e. The third-order valence-electron chi connectivity index (χ3n) is 0.524. The molecule has 5 N–H and O–H groups in total. The zero-order chi connectivity index (χ0) is 10.9. The molecule has 0 aromatic carbocycles. The molecule has 0 aliphatic heterocycles. The van der Waals surface area contributed by atoms with Crippen LogP contribution in [-0.2, 0) is 18.8 Å². The molecule has 0 saturated carbocycles. The Balaban J connectivity index is 0. The minimum absolute atomic E-state index is 0.113. The van der Waals surface area contributed by atoms with Crippen LogP contribution in [0, 0.1) is 5.41 Å². The molecular weight excluding hydrogens is 198 g/mol. The molecule has 0 atom stereocenters. The Hall–Kier alpha value is -0.860. The van der Waals surface area contributed by atoms with Crippen molar-refractivity contribution in [2.45, 2.75) is 13.8 Å². The van der Waals surface area contributed by atoms with Gasteiger partial charge in [0.2, 0.25) is 0 Å². The van der Waals surface area contributed by atoms with E-state index in [9.17, 15) is 8.42 Å². The quantitative estimate of drug-likeness (QED) is 0.412. The Morgan fingerprint density at radius 3 is 1.62 bits per heavy atom. The minimum Gasteiger partial charge on any atom is -0.370 e. The SMILES string of the molecule is CCOS(=O)(=O)OCC.N=C(N)N. The maximum Gasteiger partial charge on any atom is 0.399 e. The van der Waals surface area contributed by atoms with Crippen LogP contribution in [-0.4, -0.2) is 27.6 Å². The third-order valence-corrected chi connectivity index (χ3v) is 1.57. The Kier molecular flexibility index (Phi) is 8.76. The van der Waals surface area contributed by atoms with Gasteiger partial charge in [-0.25, -0.2) is 8.37 Å². The van der Waals surface area contributed by atoms with Gasteiger partial charge in [-0.2, -0.15) is 8.42 Å². The van der Waals surface area contributed by atoms with E-state index in [-0.39, 0.29) is 19.2 Å². The second-order valence-corrected chi connectivity index (χ2v) is 2.96. The second kappa shape index (κ2) is 7.77. The van der Waals surface area contributed by atoms with E-state index in [1.165, 1.54) is 0 Å². The van der Waals surface area contributed by atoms with Crippen LogP contribution in [0.1, 0.15) is 13.8 Å². The molecule has 0 heterocycles. The number of hydrogen-bond acceptors (Lipinski definition) is 5. The van der Waals surface area contributed by atoms with E-state index in [1.807, 2.05) is 0 Å². The molecule has 0 radical (unpaired) electrons. The molecule has 0 aliphatic carbocycles. The van der Waals surface area contributed by atoms with E-state index in [0.717, 1.165) is 0 Å². The van der Waals surface area contributed by atoms with Crippen molar-refractivity contribution in [1.82, 2.24) is 0 Å². The maximum atomic E-state index is 10.4. The van der Waals surface area contributed by atoms with Gasteiger partial charge < -0.3 is 11.5 Å². The van der Waals surface area contributed by atoms with Gasteiger partial charge in [0.15, 0.2) is 5.96 Å². The maximum absolute atomic E-state index is 10.4. The summed E-state index contributed by atoms with van der Waals surface area (Å²) in [5.41, 5.74) is 8.94. The summed E-state index contributed by atoms with van der Waals surface area (Å²) in [5, 5.41) is 6.06. The fraction of sp³-hybridized carbons (Fsp3) is 0.800. The summed E-state index contributed by atoms with van der Waals surface area (Å²) in [6.07, 6.45) is 0. The average molecular weight is 213 g/mol. The third kappa shape index (κ3) is 18.3. The van der Waals surface area contributed by atoms with Crippen LogP contribution in [0.5, 0.6) is 0 Å². The lowest BCUT2D eigenvalue weighted by molar-refractivity contribution is 0.231. The Bertz CT molecular complexity index is 210. The highest BCUT2D eigenvalue weighted by Gasteiger charge is 2.06. The van der Waals surface area contributed by atoms with Gasteiger partial charge in [-0.1, -0.05) is 0 Å². The highest BCUT2D eigenvalue weighted by Crippen LogP contribution is 1.93. The van der Waals surface area contributed by atoms with Crippen molar-refractivity contribution in [3.8, 4) is 0 Å². The first-order chi connectivity index (χ1) is 5.85. The molecule has 0 aliphatic rings. The average Bonchev–Trinajstić information content (AvgIpc) is 1.84. The fourth-order valence-electron chi connectivity index (χ4n) is 0.323. The number of rotatable bonds is 4. The first-order valence-electron chi connectivity index (χ1n) is 3.49. The second-order valence-electron chi connectivity index (χ2n) is 1.68. The lowest BCUT2D eigenvalue weighted by Gasteiger charge is -1.99. The van der Waals surface area contributed by atoms with Gasteiger partial charge in [-0.05, 0) is 13.8 Å². The summed E-state index contributed by atoms with van der Waals surface area (Å²) < 4.78 is 29.2.